The number of halogens is 1. The summed E-state index contributed by atoms with van der Waals surface area (Å²) < 4.78 is 5.96. The van der Waals surface area contributed by atoms with Crippen LogP contribution in [0, 0.1) is 17.0 Å². The second-order valence-corrected chi connectivity index (χ2v) is 6.58. The summed E-state index contributed by atoms with van der Waals surface area (Å²) >= 11 is 3.33. The zero-order valence-corrected chi connectivity index (χ0v) is 14.7. The molecule has 0 fully saturated rings. The number of carbonyl (C=O) groups is 2. The van der Waals surface area contributed by atoms with Gasteiger partial charge >= 0.3 is 5.97 Å². The SMILES string of the molecule is Cc1ccc(NC(=O)C2Cc3cc(Br)ccc3C(=O)O2)c([N+](=O)[O-])c1. The second kappa shape index (κ2) is 6.64. The van der Waals surface area contributed by atoms with Gasteiger partial charge in [0.25, 0.3) is 11.6 Å². The van der Waals surface area contributed by atoms with Crippen molar-refractivity contribution < 1.29 is 19.2 Å². The minimum Gasteiger partial charge on any atom is -0.448 e. The number of hydrogen-bond donors (Lipinski definition) is 1. The fraction of sp³-hybridized carbons (Fsp3) is 0.176. The zero-order chi connectivity index (χ0) is 18.1. The number of carbonyl (C=O) groups excluding carboxylic acids is 2. The number of anilines is 1. The van der Waals surface area contributed by atoms with Crippen LogP contribution in [0.3, 0.4) is 0 Å². The maximum Gasteiger partial charge on any atom is 0.339 e. The number of benzene rings is 2. The van der Waals surface area contributed by atoms with Gasteiger partial charge in [-0.05, 0) is 42.3 Å². The number of nitro benzene ring substituents is 1. The quantitative estimate of drug-likeness (QED) is 0.480. The third kappa shape index (κ3) is 3.53. The number of nitro groups is 1. The van der Waals surface area contributed by atoms with E-state index in [4.69, 9.17) is 4.74 Å². The molecule has 0 bridgehead atoms. The molecule has 8 heteroatoms. The molecule has 1 heterocycles. The van der Waals surface area contributed by atoms with Gasteiger partial charge in [0.05, 0.1) is 10.5 Å². The van der Waals surface area contributed by atoms with E-state index in [1.54, 1.807) is 31.2 Å². The average Bonchev–Trinajstić information content (AvgIpc) is 2.55. The molecule has 0 saturated carbocycles. The Morgan fingerprint density at radius 3 is 2.80 bits per heavy atom. The monoisotopic (exact) mass is 404 g/mol. The van der Waals surface area contributed by atoms with Crippen LogP contribution in [0.15, 0.2) is 40.9 Å². The number of hydrogen-bond acceptors (Lipinski definition) is 5. The number of nitrogens with zero attached hydrogens (tertiary/aromatic N) is 1. The van der Waals surface area contributed by atoms with Crippen LogP contribution in [0.25, 0.3) is 0 Å². The van der Waals surface area contributed by atoms with Crippen molar-refractivity contribution in [3.05, 3.63) is 67.7 Å². The average molecular weight is 405 g/mol. The number of fused-ring (bicyclic) bond motifs is 1. The molecule has 7 nitrogen and oxygen atoms in total. The predicted molar refractivity (Wildman–Crippen MR) is 93.5 cm³/mol. The van der Waals surface area contributed by atoms with Gasteiger partial charge < -0.3 is 10.1 Å². The van der Waals surface area contributed by atoms with Gasteiger partial charge in [0.15, 0.2) is 6.10 Å². The molecule has 1 aliphatic rings. The number of ether oxygens (including phenoxy) is 1. The number of amides is 1. The van der Waals surface area contributed by atoms with Crippen LogP contribution in [-0.2, 0) is 16.0 Å². The summed E-state index contributed by atoms with van der Waals surface area (Å²) in [5, 5.41) is 13.6. The van der Waals surface area contributed by atoms with Crippen LogP contribution >= 0.6 is 15.9 Å². The molecule has 1 amide bonds. The number of nitrogens with one attached hydrogen (secondary N) is 1. The van der Waals surface area contributed by atoms with E-state index in [1.807, 2.05) is 0 Å². The Labute approximate surface area is 151 Å². The molecular formula is C17H13BrN2O5. The van der Waals surface area contributed by atoms with Crippen molar-refractivity contribution in [1.29, 1.82) is 0 Å². The molecule has 1 aliphatic heterocycles. The third-order valence-corrected chi connectivity index (χ3v) is 4.34. The van der Waals surface area contributed by atoms with Gasteiger partial charge in [-0.15, -0.1) is 0 Å². The molecule has 1 N–H and O–H groups in total. The Morgan fingerprint density at radius 1 is 1.32 bits per heavy atom. The third-order valence-electron chi connectivity index (χ3n) is 3.84. The first-order chi connectivity index (χ1) is 11.8. The van der Waals surface area contributed by atoms with Crippen molar-refractivity contribution in [2.45, 2.75) is 19.4 Å². The molecule has 3 rings (SSSR count). The van der Waals surface area contributed by atoms with Crippen LogP contribution in [0.4, 0.5) is 11.4 Å². The van der Waals surface area contributed by atoms with Crippen molar-refractivity contribution in [3.63, 3.8) is 0 Å². The fourth-order valence-corrected chi connectivity index (χ4v) is 3.03. The van der Waals surface area contributed by atoms with E-state index in [0.29, 0.717) is 16.7 Å². The molecule has 0 saturated heterocycles. The summed E-state index contributed by atoms with van der Waals surface area (Å²) in [6, 6.07) is 9.58. The first kappa shape index (κ1) is 17.1. The topological polar surface area (TPSA) is 98.5 Å². The minimum absolute atomic E-state index is 0.0664. The van der Waals surface area contributed by atoms with E-state index >= 15 is 0 Å². The highest BCUT2D eigenvalue weighted by Gasteiger charge is 2.32. The molecule has 0 aromatic heterocycles. The molecular weight excluding hydrogens is 392 g/mol. The van der Waals surface area contributed by atoms with E-state index < -0.39 is 22.9 Å². The maximum atomic E-state index is 12.4. The van der Waals surface area contributed by atoms with Crippen molar-refractivity contribution in [3.8, 4) is 0 Å². The van der Waals surface area contributed by atoms with Gasteiger partial charge in [0, 0.05) is 17.0 Å². The zero-order valence-electron chi connectivity index (χ0n) is 13.1. The van der Waals surface area contributed by atoms with Crippen LogP contribution in [0.5, 0.6) is 0 Å². The van der Waals surface area contributed by atoms with Crippen molar-refractivity contribution in [2.75, 3.05) is 5.32 Å². The van der Waals surface area contributed by atoms with E-state index in [-0.39, 0.29) is 17.8 Å². The van der Waals surface area contributed by atoms with Crippen molar-refractivity contribution in [1.82, 2.24) is 0 Å². The minimum atomic E-state index is -1.05. The molecule has 0 spiro atoms. The molecule has 1 unspecified atom stereocenters. The number of esters is 1. The van der Waals surface area contributed by atoms with Gasteiger partial charge in [-0.3, -0.25) is 14.9 Å². The lowest BCUT2D eigenvalue weighted by molar-refractivity contribution is -0.384. The predicted octanol–water partition coefficient (Wildman–Crippen LogP) is 3.39. The first-order valence-electron chi connectivity index (χ1n) is 7.40. The standard InChI is InChI=1S/C17H13BrN2O5/c1-9-2-5-13(14(6-9)20(23)24)19-16(21)15-8-10-7-11(18)3-4-12(10)17(22)25-15/h2-7,15H,8H2,1H3,(H,19,21). The van der Waals surface area contributed by atoms with Gasteiger partial charge in [-0.25, -0.2) is 4.79 Å². The molecule has 2 aromatic carbocycles. The lowest BCUT2D eigenvalue weighted by Crippen LogP contribution is -2.38. The van der Waals surface area contributed by atoms with Crippen LogP contribution in [0.2, 0.25) is 0 Å². The van der Waals surface area contributed by atoms with Gasteiger partial charge in [-0.1, -0.05) is 22.0 Å². The Bertz CT molecular complexity index is 897. The Morgan fingerprint density at radius 2 is 2.08 bits per heavy atom. The van der Waals surface area contributed by atoms with Crippen molar-refractivity contribution >= 4 is 39.2 Å². The van der Waals surface area contributed by atoms with Gasteiger partial charge in [0.2, 0.25) is 0 Å². The van der Waals surface area contributed by atoms with E-state index in [2.05, 4.69) is 21.2 Å². The molecule has 25 heavy (non-hydrogen) atoms. The Balaban J connectivity index is 1.83. The summed E-state index contributed by atoms with van der Waals surface area (Å²) in [6.07, 6.45) is -0.846. The number of rotatable bonds is 3. The molecule has 0 aliphatic carbocycles. The van der Waals surface area contributed by atoms with Crippen LogP contribution in [0.1, 0.15) is 21.5 Å². The van der Waals surface area contributed by atoms with Gasteiger partial charge in [-0.2, -0.15) is 0 Å². The Hall–Kier alpha value is -2.74. The molecule has 128 valence electrons. The highest BCUT2D eigenvalue weighted by atomic mass is 79.9. The number of cyclic esters (lactones) is 1. The molecule has 1 atom stereocenters. The van der Waals surface area contributed by atoms with E-state index in [1.165, 1.54) is 12.1 Å². The molecule has 2 aromatic rings. The maximum absolute atomic E-state index is 12.4. The number of aryl methyl sites for hydroxylation is 1. The summed E-state index contributed by atoms with van der Waals surface area (Å²) in [6.45, 7) is 1.72. The normalized spacial score (nSPS) is 15.9. The smallest absolute Gasteiger partial charge is 0.339 e. The summed E-state index contributed by atoms with van der Waals surface area (Å²) in [5.41, 5.74) is 1.65. The largest absolute Gasteiger partial charge is 0.448 e. The lowest BCUT2D eigenvalue weighted by atomic mass is 9.98. The van der Waals surface area contributed by atoms with Gasteiger partial charge in [0.1, 0.15) is 5.69 Å². The van der Waals surface area contributed by atoms with Crippen molar-refractivity contribution in [2.24, 2.45) is 0 Å². The Kier molecular flexibility index (Phi) is 4.54. The lowest BCUT2D eigenvalue weighted by Gasteiger charge is -2.24. The molecule has 0 radical (unpaired) electrons. The highest BCUT2D eigenvalue weighted by Crippen LogP contribution is 2.28. The second-order valence-electron chi connectivity index (χ2n) is 5.67. The first-order valence-corrected chi connectivity index (χ1v) is 8.20. The summed E-state index contributed by atoms with van der Waals surface area (Å²) in [7, 11) is 0. The van der Waals surface area contributed by atoms with E-state index in [0.717, 1.165) is 4.47 Å². The van der Waals surface area contributed by atoms with Crippen LogP contribution < -0.4 is 5.32 Å². The fourth-order valence-electron chi connectivity index (χ4n) is 2.62. The van der Waals surface area contributed by atoms with E-state index in [9.17, 15) is 19.7 Å². The summed E-state index contributed by atoms with van der Waals surface area (Å²) in [4.78, 5) is 35.1. The highest BCUT2D eigenvalue weighted by molar-refractivity contribution is 9.10. The van der Waals surface area contributed by atoms with Crippen LogP contribution in [-0.4, -0.2) is 22.9 Å². The summed E-state index contributed by atoms with van der Waals surface area (Å²) in [5.74, 6) is -1.20.